The molecule has 2 aromatic carbocycles. The molecule has 0 aliphatic rings. The van der Waals surface area contributed by atoms with Crippen LogP contribution < -0.4 is 15.4 Å². The number of hydrogen-bond donors (Lipinski definition) is 2. The Balaban J connectivity index is 2.14. The lowest BCUT2D eigenvalue weighted by Gasteiger charge is -2.21. The average Bonchev–Trinajstić information content (AvgIpc) is 2.50. The van der Waals surface area contributed by atoms with Crippen LogP contribution in [0.3, 0.4) is 0 Å². The molecule has 0 radical (unpaired) electrons. The summed E-state index contributed by atoms with van der Waals surface area (Å²) in [6, 6.07) is 10.1. The normalized spacial score (nSPS) is 11.8. The lowest BCUT2D eigenvalue weighted by atomic mass is 10.0. The van der Waals surface area contributed by atoms with Crippen LogP contribution in [0.5, 0.6) is 5.75 Å². The largest absolute Gasteiger partial charge is 0.496 e. The number of hydrogen-bond acceptors (Lipinski definition) is 2. The van der Waals surface area contributed by atoms with Gasteiger partial charge in [-0.05, 0) is 63.2 Å². The quantitative estimate of drug-likeness (QED) is 0.721. The van der Waals surface area contributed by atoms with Crippen LogP contribution in [0.1, 0.15) is 35.2 Å². The van der Waals surface area contributed by atoms with E-state index in [0.29, 0.717) is 10.1 Å². The van der Waals surface area contributed by atoms with Crippen molar-refractivity contribution in [3.8, 4) is 5.75 Å². The van der Waals surface area contributed by atoms with E-state index in [1.54, 1.807) is 7.11 Å². The van der Waals surface area contributed by atoms with Crippen LogP contribution in [0.4, 0.5) is 5.69 Å². The van der Waals surface area contributed by atoms with Gasteiger partial charge in [-0.25, -0.2) is 0 Å². The summed E-state index contributed by atoms with van der Waals surface area (Å²) in [4.78, 5) is 0. The highest BCUT2D eigenvalue weighted by atomic mass is 35.5. The SMILES string of the molecule is COc1ccc(C)cc1[C@@H](C)NC(=S)Nc1c(C)cc(C)cc1Cl. The first kappa shape index (κ1) is 18.6. The Labute approximate surface area is 154 Å². The molecule has 5 heteroatoms. The molecule has 0 fully saturated rings. The van der Waals surface area contributed by atoms with Gasteiger partial charge in [0.05, 0.1) is 23.9 Å². The van der Waals surface area contributed by atoms with Gasteiger partial charge in [0, 0.05) is 5.56 Å². The fourth-order valence-electron chi connectivity index (χ4n) is 2.69. The number of benzene rings is 2. The van der Waals surface area contributed by atoms with Crippen LogP contribution in [0.15, 0.2) is 30.3 Å². The molecule has 0 aliphatic heterocycles. The highest BCUT2D eigenvalue weighted by Crippen LogP contribution is 2.28. The summed E-state index contributed by atoms with van der Waals surface area (Å²) in [6.07, 6.45) is 0. The van der Waals surface area contributed by atoms with Gasteiger partial charge < -0.3 is 15.4 Å². The minimum atomic E-state index is 0.00406. The van der Waals surface area contributed by atoms with Crippen molar-refractivity contribution in [2.75, 3.05) is 12.4 Å². The van der Waals surface area contributed by atoms with Gasteiger partial charge in [0.2, 0.25) is 0 Å². The fourth-order valence-corrected chi connectivity index (χ4v) is 3.34. The summed E-state index contributed by atoms with van der Waals surface area (Å²) in [5, 5.41) is 7.70. The molecule has 0 amide bonds. The molecule has 2 N–H and O–H groups in total. The summed E-state index contributed by atoms with van der Waals surface area (Å²) in [5.41, 5.74) is 5.26. The Hall–Kier alpha value is -1.78. The van der Waals surface area contributed by atoms with Crippen LogP contribution in [-0.4, -0.2) is 12.2 Å². The van der Waals surface area contributed by atoms with E-state index in [1.165, 1.54) is 5.56 Å². The zero-order valence-electron chi connectivity index (χ0n) is 14.7. The molecule has 0 aromatic heterocycles. The van der Waals surface area contributed by atoms with Gasteiger partial charge in [-0.15, -0.1) is 0 Å². The molecule has 128 valence electrons. The van der Waals surface area contributed by atoms with Crippen molar-refractivity contribution >= 4 is 34.6 Å². The number of thiocarbonyl (C=S) groups is 1. The molecule has 0 heterocycles. The van der Waals surface area contributed by atoms with E-state index in [-0.39, 0.29) is 6.04 Å². The van der Waals surface area contributed by atoms with Crippen LogP contribution in [0.2, 0.25) is 5.02 Å². The minimum absolute atomic E-state index is 0.00406. The van der Waals surface area contributed by atoms with E-state index in [1.807, 2.05) is 32.0 Å². The summed E-state index contributed by atoms with van der Waals surface area (Å²) < 4.78 is 5.45. The molecule has 0 saturated carbocycles. The fraction of sp³-hybridized carbons (Fsp3) is 0.316. The molecule has 0 saturated heterocycles. The highest BCUT2D eigenvalue weighted by Gasteiger charge is 2.14. The molecule has 2 rings (SSSR count). The highest BCUT2D eigenvalue weighted by molar-refractivity contribution is 7.80. The number of ether oxygens (including phenoxy) is 1. The Morgan fingerprint density at radius 2 is 1.83 bits per heavy atom. The minimum Gasteiger partial charge on any atom is -0.496 e. The van der Waals surface area contributed by atoms with E-state index in [4.69, 9.17) is 28.6 Å². The molecule has 3 nitrogen and oxygen atoms in total. The van der Waals surface area contributed by atoms with Crippen molar-refractivity contribution in [1.29, 1.82) is 0 Å². The standard InChI is InChI=1S/C19H23ClN2OS/c1-11-6-7-17(23-5)15(9-11)14(4)21-19(24)22-18-13(3)8-12(2)10-16(18)20/h6-10,14H,1-5H3,(H2,21,22,24)/t14-/m1/s1. The summed E-state index contributed by atoms with van der Waals surface area (Å²) in [7, 11) is 1.67. The lowest BCUT2D eigenvalue weighted by molar-refractivity contribution is 0.405. The third-order valence-corrected chi connectivity index (χ3v) is 4.39. The van der Waals surface area contributed by atoms with Gasteiger partial charge in [0.25, 0.3) is 0 Å². The average molecular weight is 363 g/mol. The maximum absolute atomic E-state index is 6.33. The zero-order valence-corrected chi connectivity index (χ0v) is 16.2. The van der Waals surface area contributed by atoms with Crippen molar-refractivity contribution in [2.24, 2.45) is 0 Å². The summed E-state index contributed by atoms with van der Waals surface area (Å²) in [6.45, 7) is 8.14. The van der Waals surface area contributed by atoms with Gasteiger partial charge in [-0.1, -0.05) is 35.4 Å². The number of rotatable bonds is 4. The summed E-state index contributed by atoms with van der Waals surface area (Å²) in [5.74, 6) is 0.841. The maximum atomic E-state index is 6.33. The second kappa shape index (κ2) is 7.86. The van der Waals surface area contributed by atoms with Crippen molar-refractivity contribution in [2.45, 2.75) is 33.7 Å². The predicted molar refractivity (Wildman–Crippen MR) is 106 cm³/mol. The number of anilines is 1. The van der Waals surface area contributed by atoms with Crippen molar-refractivity contribution in [3.63, 3.8) is 0 Å². The first-order valence-electron chi connectivity index (χ1n) is 7.80. The lowest BCUT2D eigenvalue weighted by Crippen LogP contribution is -2.31. The number of aryl methyl sites for hydroxylation is 3. The smallest absolute Gasteiger partial charge is 0.171 e. The molecular weight excluding hydrogens is 340 g/mol. The zero-order chi connectivity index (χ0) is 17.9. The maximum Gasteiger partial charge on any atom is 0.171 e. The molecule has 0 spiro atoms. The number of nitrogens with one attached hydrogen (secondary N) is 2. The van der Waals surface area contributed by atoms with E-state index in [9.17, 15) is 0 Å². The second-order valence-electron chi connectivity index (χ2n) is 6.00. The monoisotopic (exact) mass is 362 g/mol. The Morgan fingerprint density at radius 3 is 2.46 bits per heavy atom. The van der Waals surface area contributed by atoms with Crippen molar-refractivity contribution < 1.29 is 4.74 Å². The van der Waals surface area contributed by atoms with Gasteiger partial charge >= 0.3 is 0 Å². The van der Waals surface area contributed by atoms with E-state index in [0.717, 1.165) is 28.1 Å². The first-order valence-corrected chi connectivity index (χ1v) is 8.59. The molecular formula is C19H23ClN2OS. The van der Waals surface area contributed by atoms with E-state index >= 15 is 0 Å². The Kier molecular flexibility index (Phi) is 6.08. The number of halogens is 1. The Morgan fingerprint density at radius 1 is 1.12 bits per heavy atom. The van der Waals surface area contributed by atoms with E-state index in [2.05, 4.69) is 36.6 Å². The van der Waals surface area contributed by atoms with Gasteiger partial charge in [0.1, 0.15) is 5.75 Å². The third-order valence-electron chi connectivity index (χ3n) is 3.87. The van der Waals surface area contributed by atoms with Crippen LogP contribution in [0, 0.1) is 20.8 Å². The topological polar surface area (TPSA) is 33.3 Å². The second-order valence-corrected chi connectivity index (χ2v) is 6.82. The van der Waals surface area contributed by atoms with Gasteiger partial charge in [0.15, 0.2) is 5.11 Å². The Bertz CT molecular complexity index is 738. The number of methoxy groups -OCH3 is 1. The molecule has 0 bridgehead atoms. The van der Waals surface area contributed by atoms with Crippen LogP contribution in [0.25, 0.3) is 0 Å². The first-order chi connectivity index (χ1) is 11.3. The van der Waals surface area contributed by atoms with Crippen LogP contribution >= 0.6 is 23.8 Å². The van der Waals surface area contributed by atoms with Crippen molar-refractivity contribution in [3.05, 3.63) is 57.6 Å². The van der Waals surface area contributed by atoms with E-state index < -0.39 is 0 Å². The molecule has 0 unspecified atom stereocenters. The molecule has 2 aromatic rings. The van der Waals surface area contributed by atoms with Gasteiger partial charge in [-0.2, -0.15) is 0 Å². The molecule has 24 heavy (non-hydrogen) atoms. The molecule has 1 atom stereocenters. The van der Waals surface area contributed by atoms with Crippen LogP contribution in [-0.2, 0) is 0 Å². The molecule has 0 aliphatic carbocycles. The summed E-state index contributed by atoms with van der Waals surface area (Å²) >= 11 is 11.8. The van der Waals surface area contributed by atoms with Crippen molar-refractivity contribution in [1.82, 2.24) is 5.32 Å². The third kappa shape index (κ3) is 4.40. The van der Waals surface area contributed by atoms with Gasteiger partial charge in [-0.3, -0.25) is 0 Å². The predicted octanol–water partition coefficient (Wildman–Crippen LogP) is 5.32.